The third kappa shape index (κ3) is 4.04. The zero-order valence-electron chi connectivity index (χ0n) is 12.6. The van der Waals surface area contributed by atoms with E-state index in [1.807, 2.05) is 6.07 Å². The molecule has 1 unspecified atom stereocenters. The number of pyridine rings is 1. The molecule has 5 nitrogen and oxygen atoms in total. The lowest BCUT2D eigenvalue weighted by Gasteiger charge is -2.12. The highest BCUT2D eigenvalue weighted by Gasteiger charge is 2.22. The molecule has 2 aromatic rings. The minimum Gasteiger partial charge on any atom is -0.484 e. The molecule has 1 aliphatic heterocycles. The van der Waals surface area contributed by atoms with Gasteiger partial charge in [0.15, 0.2) is 11.6 Å². The van der Waals surface area contributed by atoms with Crippen LogP contribution in [0.25, 0.3) is 0 Å². The number of hydrogen-bond donors (Lipinski definition) is 2. The molecule has 0 bridgehead atoms. The Morgan fingerprint density at radius 3 is 3.00 bits per heavy atom. The fourth-order valence-electron chi connectivity index (χ4n) is 2.47. The number of hydrogen-bond acceptors (Lipinski definition) is 4. The fourth-order valence-corrected chi connectivity index (χ4v) is 2.47. The van der Waals surface area contributed by atoms with Crippen molar-refractivity contribution in [2.75, 3.05) is 11.9 Å². The Balaban J connectivity index is 1.60. The summed E-state index contributed by atoms with van der Waals surface area (Å²) in [5.74, 6) is -0.519. The Labute approximate surface area is 133 Å². The normalized spacial score (nSPS) is 17.0. The predicted octanol–water partition coefficient (Wildman–Crippen LogP) is 2.49. The van der Waals surface area contributed by atoms with E-state index in [9.17, 15) is 9.18 Å². The van der Waals surface area contributed by atoms with Gasteiger partial charge in [-0.2, -0.15) is 0 Å². The number of anilines is 1. The number of halogens is 1. The Kier molecular flexibility index (Phi) is 4.83. The van der Waals surface area contributed by atoms with E-state index in [1.54, 1.807) is 24.4 Å². The van der Waals surface area contributed by atoms with Gasteiger partial charge >= 0.3 is 0 Å². The summed E-state index contributed by atoms with van der Waals surface area (Å²) in [7, 11) is 0. The lowest BCUT2D eigenvalue weighted by atomic mass is 10.2. The van der Waals surface area contributed by atoms with Gasteiger partial charge in [-0.05, 0) is 43.7 Å². The van der Waals surface area contributed by atoms with Gasteiger partial charge in [-0.15, -0.1) is 0 Å². The molecule has 0 aliphatic carbocycles. The smallest absolute Gasteiger partial charge is 0.241 e. The van der Waals surface area contributed by atoms with Gasteiger partial charge in [0.05, 0.1) is 11.7 Å². The van der Waals surface area contributed by atoms with Crippen molar-refractivity contribution < 1.29 is 13.9 Å². The van der Waals surface area contributed by atoms with Crippen molar-refractivity contribution in [3.05, 3.63) is 54.1 Å². The number of amides is 1. The second kappa shape index (κ2) is 7.19. The van der Waals surface area contributed by atoms with Crippen LogP contribution >= 0.6 is 0 Å². The number of carbonyl (C=O) groups excluding carboxylic acids is 1. The Hall–Kier alpha value is -2.47. The molecule has 6 heteroatoms. The van der Waals surface area contributed by atoms with Gasteiger partial charge in [-0.25, -0.2) is 4.39 Å². The molecule has 1 aromatic carbocycles. The van der Waals surface area contributed by atoms with E-state index >= 15 is 0 Å². The molecule has 1 aromatic heterocycles. The first kappa shape index (κ1) is 15.4. The average molecular weight is 315 g/mol. The first-order valence-electron chi connectivity index (χ1n) is 7.59. The summed E-state index contributed by atoms with van der Waals surface area (Å²) in [6.07, 6.45) is 3.44. The van der Waals surface area contributed by atoms with Crippen LogP contribution in [-0.4, -0.2) is 23.5 Å². The topological polar surface area (TPSA) is 63.2 Å². The number of benzene rings is 1. The largest absolute Gasteiger partial charge is 0.484 e. The number of ether oxygens (including phenoxy) is 1. The number of nitrogens with zero attached hydrogens (tertiary/aromatic N) is 1. The highest BCUT2D eigenvalue weighted by molar-refractivity contribution is 5.95. The van der Waals surface area contributed by atoms with Gasteiger partial charge in [-0.1, -0.05) is 6.07 Å². The van der Waals surface area contributed by atoms with Crippen molar-refractivity contribution in [1.82, 2.24) is 10.3 Å². The first-order valence-corrected chi connectivity index (χ1v) is 7.59. The molecule has 2 N–H and O–H groups in total. The molecule has 0 radical (unpaired) electrons. The summed E-state index contributed by atoms with van der Waals surface area (Å²) < 4.78 is 19.5. The van der Waals surface area contributed by atoms with Crippen LogP contribution in [0.1, 0.15) is 18.5 Å². The van der Waals surface area contributed by atoms with E-state index in [-0.39, 0.29) is 24.3 Å². The summed E-state index contributed by atoms with van der Waals surface area (Å²) in [6.45, 7) is 1.03. The van der Waals surface area contributed by atoms with E-state index in [0.717, 1.165) is 25.1 Å². The Morgan fingerprint density at radius 2 is 2.30 bits per heavy atom. The Bertz CT molecular complexity index is 673. The quantitative estimate of drug-likeness (QED) is 0.890. The molecule has 0 spiro atoms. The molecule has 120 valence electrons. The van der Waals surface area contributed by atoms with Crippen molar-refractivity contribution >= 4 is 11.6 Å². The predicted molar refractivity (Wildman–Crippen MR) is 84.6 cm³/mol. The Morgan fingerprint density at radius 1 is 1.39 bits per heavy atom. The zero-order chi connectivity index (χ0) is 16.1. The number of aromatic nitrogens is 1. The van der Waals surface area contributed by atoms with Crippen molar-refractivity contribution in [2.24, 2.45) is 0 Å². The average Bonchev–Trinajstić information content (AvgIpc) is 3.10. The standard InChI is InChI=1S/C17H18FN3O2/c18-14-10-12(21-17(22)15-5-3-9-20-15)6-7-16(14)23-11-13-4-1-2-8-19-13/h1-2,4,6-8,10,15,20H,3,5,9,11H2,(H,21,22). The molecular weight excluding hydrogens is 297 g/mol. The molecule has 3 rings (SSSR count). The lowest BCUT2D eigenvalue weighted by molar-refractivity contribution is -0.117. The zero-order valence-corrected chi connectivity index (χ0v) is 12.6. The van der Waals surface area contributed by atoms with E-state index in [4.69, 9.17) is 4.74 Å². The summed E-state index contributed by atoms with van der Waals surface area (Å²) >= 11 is 0. The molecule has 0 saturated carbocycles. The second-order valence-corrected chi connectivity index (χ2v) is 5.39. The van der Waals surface area contributed by atoms with Crippen LogP contribution in [0.4, 0.5) is 10.1 Å². The highest BCUT2D eigenvalue weighted by atomic mass is 19.1. The molecule has 1 aliphatic rings. The van der Waals surface area contributed by atoms with Gasteiger partial charge in [0.1, 0.15) is 6.61 Å². The molecule has 23 heavy (non-hydrogen) atoms. The number of carbonyl (C=O) groups is 1. The third-order valence-electron chi connectivity index (χ3n) is 3.68. The number of rotatable bonds is 5. The minimum absolute atomic E-state index is 0.132. The first-order chi connectivity index (χ1) is 11.2. The van der Waals surface area contributed by atoms with Gasteiger partial charge < -0.3 is 15.4 Å². The molecule has 1 fully saturated rings. The maximum absolute atomic E-state index is 14.1. The maximum Gasteiger partial charge on any atom is 0.241 e. The van der Waals surface area contributed by atoms with Crippen LogP contribution in [0.5, 0.6) is 5.75 Å². The van der Waals surface area contributed by atoms with Gasteiger partial charge in [-0.3, -0.25) is 9.78 Å². The second-order valence-electron chi connectivity index (χ2n) is 5.39. The van der Waals surface area contributed by atoms with Crippen LogP contribution in [-0.2, 0) is 11.4 Å². The van der Waals surface area contributed by atoms with Crippen molar-refractivity contribution in [3.8, 4) is 5.75 Å². The maximum atomic E-state index is 14.1. The molecule has 1 atom stereocenters. The third-order valence-corrected chi connectivity index (χ3v) is 3.68. The summed E-state index contributed by atoms with van der Waals surface area (Å²) in [5, 5.41) is 5.82. The van der Waals surface area contributed by atoms with Crippen LogP contribution in [0.3, 0.4) is 0 Å². The highest BCUT2D eigenvalue weighted by Crippen LogP contribution is 2.22. The van der Waals surface area contributed by atoms with Crippen molar-refractivity contribution in [2.45, 2.75) is 25.5 Å². The van der Waals surface area contributed by atoms with E-state index in [2.05, 4.69) is 15.6 Å². The molecular formula is C17H18FN3O2. The minimum atomic E-state index is -0.516. The molecule has 2 heterocycles. The molecule has 1 saturated heterocycles. The fraction of sp³-hybridized carbons (Fsp3) is 0.294. The summed E-state index contributed by atoms with van der Waals surface area (Å²) in [5.41, 5.74) is 1.14. The monoisotopic (exact) mass is 315 g/mol. The van der Waals surface area contributed by atoms with Crippen LogP contribution in [0, 0.1) is 5.82 Å². The summed E-state index contributed by atoms with van der Waals surface area (Å²) in [6, 6.07) is 9.66. The van der Waals surface area contributed by atoms with E-state index in [1.165, 1.54) is 12.1 Å². The van der Waals surface area contributed by atoms with Crippen molar-refractivity contribution in [3.63, 3.8) is 0 Å². The van der Waals surface area contributed by atoms with Crippen LogP contribution in [0.2, 0.25) is 0 Å². The van der Waals surface area contributed by atoms with Crippen molar-refractivity contribution in [1.29, 1.82) is 0 Å². The van der Waals surface area contributed by atoms with E-state index in [0.29, 0.717) is 5.69 Å². The summed E-state index contributed by atoms with van der Waals surface area (Å²) in [4.78, 5) is 16.1. The van der Waals surface area contributed by atoms with Gasteiger partial charge in [0.2, 0.25) is 5.91 Å². The van der Waals surface area contributed by atoms with Crippen LogP contribution < -0.4 is 15.4 Å². The van der Waals surface area contributed by atoms with Crippen LogP contribution in [0.15, 0.2) is 42.6 Å². The number of nitrogens with one attached hydrogen (secondary N) is 2. The van der Waals surface area contributed by atoms with E-state index < -0.39 is 5.82 Å². The molecule has 1 amide bonds. The SMILES string of the molecule is O=C(Nc1ccc(OCc2ccccn2)c(F)c1)C1CCCN1. The van der Waals surface area contributed by atoms with Gasteiger partial charge in [0, 0.05) is 18.0 Å². The van der Waals surface area contributed by atoms with Gasteiger partial charge in [0.25, 0.3) is 0 Å². The lowest BCUT2D eigenvalue weighted by Crippen LogP contribution is -2.35.